The van der Waals surface area contributed by atoms with E-state index in [-0.39, 0.29) is 18.1 Å². The van der Waals surface area contributed by atoms with Gasteiger partial charge >= 0.3 is 0 Å². The predicted octanol–water partition coefficient (Wildman–Crippen LogP) is 3.05. The smallest absolute Gasteiger partial charge is 0.278 e. The molecular weight excluding hydrogens is 398 g/mol. The van der Waals surface area contributed by atoms with Gasteiger partial charge in [-0.1, -0.05) is 0 Å². The molecule has 0 bridgehead atoms. The first kappa shape index (κ1) is 20.5. The summed E-state index contributed by atoms with van der Waals surface area (Å²) in [5, 5.41) is 15.3. The Labute approximate surface area is 179 Å². The fraction of sp³-hybridized carbons (Fsp3) is 0.273. The highest BCUT2D eigenvalue weighted by Gasteiger charge is 2.18. The maximum atomic E-state index is 12.6. The van der Waals surface area contributed by atoms with Crippen molar-refractivity contribution in [3.05, 3.63) is 65.0 Å². The van der Waals surface area contributed by atoms with Gasteiger partial charge in [0.25, 0.3) is 5.69 Å². The number of pyridine rings is 1. The van der Waals surface area contributed by atoms with Crippen molar-refractivity contribution in [2.45, 2.75) is 0 Å². The highest BCUT2D eigenvalue weighted by Crippen LogP contribution is 2.32. The minimum Gasteiger partial charge on any atom is -0.378 e. The molecule has 0 saturated carbocycles. The van der Waals surface area contributed by atoms with Crippen molar-refractivity contribution in [1.82, 2.24) is 4.98 Å². The standard InChI is InChI=1S/C22H23N5O4/c1-25(20-6-7-21(27(29)30)19-14-23-9-8-18(19)20)15-22(28)24-16-2-4-17(5-3-16)26-10-12-31-13-11-26/h2-9,14H,10-13,15H2,1H3,(H,24,28). The van der Waals surface area contributed by atoms with Crippen LogP contribution < -0.4 is 15.1 Å². The first-order valence-corrected chi connectivity index (χ1v) is 9.98. The van der Waals surface area contributed by atoms with Gasteiger partial charge in [-0.15, -0.1) is 0 Å². The largest absolute Gasteiger partial charge is 0.378 e. The van der Waals surface area contributed by atoms with Gasteiger partial charge in [0, 0.05) is 61.0 Å². The minimum absolute atomic E-state index is 0.00920. The average molecular weight is 421 g/mol. The molecule has 9 heteroatoms. The lowest BCUT2D eigenvalue weighted by atomic mass is 10.1. The Morgan fingerprint density at radius 2 is 1.90 bits per heavy atom. The highest BCUT2D eigenvalue weighted by atomic mass is 16.6. The van der Waals surface area contributed by atoms with Crippen LogP contribution >= 0.6 is 0 Å². The summed E-state index contributed by atoms with van der Waals surface area (Å²) in [5.74, 6) is -0.179. The highest BCUT2D eigenvalue weighted by molar-refractivity contribution is 6.01. The van der Waals surface area contributed by atoms with Crippen LogP contribution in [-0.4, -0.2) is 55.7 Å². The second kappa shape index (κ2) is 8.97. The number of morpholine rings is 1. The quantitative estimate of drug-likeness (QED) is 0.482. The van der Waals surface area contributed by atoms with E-state index in [0.29, 0.717) is 16.5 Å². The molecule has 2 aromatic carbocycles. The molecule has 0 spiro atoms. The van der Waals surface area contributed by atoms with E-state index in [0.717, 1.165) is 37.7 Å². The molecule has 1 aromatic heterocycles. The average Bonchev–Trinajstić information content (AvgIpc) is 2.79. The van der Waals surface area contributed by atoms with Gasteiger partial charge in [0.1, 0.15) is 0 Å². The zero-order valence-corrected chi connectivity index (χ0v) is 17.2. The molecule has 1 N–H and O–H groups in total. The number of aromatic nitrogens is 1. The number of anilines is 3. The third-order valence-corrected chi connectivity index (χ3v) is 5.29. The number of fused-ring (bicyclic) bond motifs is 1. The summed E-state index contributed by atoms with van der Waals surface area (Å²) in [6.07, 6.45) is 3.06. The number of rotatable bonds is 6. The topological polar surface area (TPSA) is 101 Å². The number of carbonyl (C=O) groups is 1. The van der Waals surface area contributed by atoms with Gasteiger partial charge < -0.3 is 19.9 Å². The third-order valence-electron chi connectivity index (χ3n) is 5.29. The summed E-state index contributed by atoms with van der Waals surface area (Å²) in [5.41, 5.74) is 2.53. The van der Waals surface area contributed by atoms with Gasteiger partial charge in [-0.2, -0.15) is 0 Å². The van der Waals surface area contributed by atoms with Crippen LogP contribution in [0, 0.1) is 10.1 Å². The summed E-state index contributed by atoms with van der Waals surface area (Å²) in [6.45, 7) is 3.25. The van der Waals surface area contributed by atoms with Crippen LogP contribution in [0.3, 0.4) is 0 Å². The molecule has 0 aliphatic carbocycles. The Balaban J connectivity index is 1.44. The number of nitro groups is 1. The van der Waals surface area contributed by atoms with E-state index >= 15 is 0 Å². The van der Waals surface area contributed by atoms with E-state index in [1.807, 2.05) is 24.3 Å². The van der Waals surface area contributed by atoms with Gasteiger partial charge in [0.15, 0.2) is 0 Å². The van der Waals surface area contributed by atoms with E-state index in [1.165, 1.54) is 12.3 Å². The lowest BCUT2D eigenvalue weighted by molar-refractivity contribution is -0.383. The van der Waals surface area contributed by atoms with Gasteiger partial charge in [-0.25, -0.2) is 0 Å². The van der Waals surface area contributed by atoms with E-state index in [2.05, 4.69) is 15.2 Å². The van der Waals surface area contributed by atoms with Crippen LogP contribution in [0.25, 0.3) is 10.8 Å². The van der Waals surface area contributed by atoms with Crippen molar-refractivity contribution in [3.63, 3.8) is 0 Å². The van der Waals surface area contributed by atoms with Gasteiger partial charge in [0.05, 0.1) is 30.1 Å². The van der Waals surface area contributed by atoms with Crippen LogP contribution in [0.15, 0.2) is 54.9 Å². The molecule has 31 heavy (non-hydrogen) atoms. The van der Waals surface area contributed by atoms with Crippen molar-refractivity contribution in [2.24, 2.45) is 0 Å². The second-order valence-corrected chi connectivity index (χ2v) is 7.33. The number of non-ortho nitro benzene ring substituents is 1. The number of benzene rings is 2. The summed E-state index contributed by atoms with van der Waals surface area (Å²) < 4.78 is 5.38. The molecule has 4 rings (SSSR count). The SMILES string of the molecule is CN(CC(=O)Nc1ccc(N2CCOCC2)cc1)c1ccc([N+](=O)[O-])c2cnccc12. The number of likely N-dealkylation sites (N-methyl/N-ethyl adjacent to an activating group) is 1. The molecule has 160 valence electrons. The van der Waals surface area contributed by atoms with E-state index in [1.54, 1.807) is 30.3 Å². The van der Waals surface area contributed by atoms with Crippen molar-refractivity contribution < 1.29 is 14.5 Å². The number of nitro benzene ring substituents is 1. The van der Waals surface area contributed by atoms with E-state index < -0.39 is 4.92 Å². The van der Waals surface area contributed by atoms with Gasteiger partial charge in [-0.05, 0) is 36.4 Å². The number of nitrogens with zero attached hydrogens (tertiary/aromatic N) is 4. The Morgan fingerprint density at radius 1 is 1.16 bits per heavy atom. The molecule has 3 aromatic rings. The zero-order valence-electron chi connectivity index (χ0n) is 17.2. The molecule has 0 atom stereocenters. The molecule has 1 fully saturated rings. The Bertz CT molecular complexity index is 1100. The van der Waals surface area contributed by atoms with Crippen LogP contribution in [-0.2, 0) is 9.53 Å². The maximum Gasteiger partial charge on any atom is 0.278 e. The lowest BCUT2D eigenvalue weighted by Gasteiger charge is -2.29. The number of ether oxygens (including phenoxy) is 1. The van der Waals surface area contributed by atoms with Gasteiger partial charge in [-0.3, -0.25) is 19.9 Å². The molecule has 1 saturated heterocycles. The summed E-state index contributed by atoms with van der Waals surface area (Å²) in [7, 11) is 1.78. The number of hydrogen-bond donors (Lipinski definition) is 1. The molecule has 0 unspecified atom stereocenters. The minimum atomic E-state index is -0.429. The van der Waals surface area contributed by atoms with Crippen molar-refractivity contribution >= 4 is 39.4 Å². The summed E-state index contributed by atoms with van der Waals surface area (Å²) in [6, 6.07) is 12.6. The monoisotopic (exact) mass is 421 g/mol. The zero-order chi connectivity index (χ0) is 21.8. The number of amides is 1. The normalized spacial score (nSPS) is 13.8. The molecular formula is C22H23N5O4. The first-order valence-electron chi connectivity index (χ1n) is 9.98. The molecule has 2 heterocycles. The first-order chi connectivity index (χ1) is 15.0. The number of nitrogens with one attached hydrogen (secondary N) is 1. The molecule has 1 aliphatic heterocycles. The summed E-state index contributed by atoms with van der Waals surface area (Å²) >= 11 is 0. The maximum absolute atomic E-state index is 12.6. The Hall–Kier alpha value is -3.72. The molecule has 0 radical (unpaired) electrons. The third kappa shape index (κ3) is 4.56. The van der Waals surface area contributed by atoms with Crippen molar-refractivity contribution in [1.29, 1.82) is 0 Å². The van der Waals surface area contributed by atoms with E-state index in [4.69, 9.17) is 4.74 Å². The van der Waals surface area contributed by atoms with E-state index in [9.17, 15) is 14.9 Å². The van der Waals surface area contributed by atoms with Crippen molar-refractivity contribution in [3.8, 4) is 0 Å². The lowest BCUT2D eigenvalue weighted by Crippen LogP contribution is -2.36. The molecule has 1 amide bonds. The molecule has 9 nitrogen and oxygen atoms in total. The molecule has 1 aliphatic rings. The van der Waals surface area contributed by atoms with Crippen LogP contribution in [0.4, 0.5) is 22.7 Å². The number of hydrogen-bond acceptors (Lipinski definition) is 7. The Morgan fingerprint density at radius 3 is 2.61 bits per heavy atom. The Kier molecular flexibility index (Phi) is 5.94. The van der Waals surface area contributed by atoms with Crippen LogP contribution in [0.1, 0.15) is 0 Å². The number of carbonyl (C=O) groups excluding carboxylic acids is 1. The van der Waals surface area contributed by atoms with Crippen molar-refractivity contribution in [2.75, 3.05) is 55.0 Å². The van der Waals surface area contributed by atoms with Crippen LogP contribution in [0.2, 0.25) is 0 Å². The fourth-order valence-corrected chi connectivity index (χ4v) is 3.73. The second-order valence-electron chi connectivity index (χ2n) is 7.33. The summed E-state index contributed by atoms with van der Waals surface area (Å²) in [4.78, 5) is 31.5. The predicted molar refractivity (Wildman–Crippen MR) is 120 cm³/mol. The fourth-order valence-electron chi connectivity index (χ4n) is 3.73. The van der Waals surface area contributed by atoms with Gasteiger partial charge in [0.2, 0.25) is 5.91 Å². The van der Waals surface area contributed by atoms with Crippen LogP contribution in [0.5, 0.6) is 0 Å².